The highest BCUT2D eigenvalue weighted by Gasteiger charge is 2.37. The number of carboxylic acid groups (broad SMARTS) is 1. The van der Waals surface area contributed by atoms with Gasteiger partial charge in [-0.3, -0.25) is 4.79 Å². The molecule has 1 N–H and O–H groups in total. The molecular weight excluding hydrogens is 320 g/mol. The molecule has 2 aliphatic heterocycles. The first kappa shape index (κ1) is 16.7. The molecule has 1 unspecified atom stereocenters. The maximum atomic E-state index is 12.5. The van der Waals surface area contributed by atoms with Gasteiger partial charge < -0.3 is 5.11 Å². The molecule has 0 spiro atoms. The topological polar surface area (TPSA) is 112 Å². The van der Waals surface area contributed by atoms with Crippen LogP contribution in [0.15, 0.2) is 0 Å². The Kier molecular flexibility index (Phi) is 4.91. The summed E-state index contributed by atoms with van der Waals surface area (Å²) in [7, 11) is -6.97. The van der Waals surface area contributed by atoms with E-state index in [4.69, 9.17) is 5.11 Å². The average molecular weight is 340 g/mol. The molecule has 2 heterocycles. The van der Waals surface area contributed by atoms with Crippen LogP contribution in [0.4, 0.5) is 0 Å². The molecule has 2 fully saturated rings. The number of aliphatic carboxylic acids is 1. The lowest BCUT2D eigenvalue weighted by atomic mass is 10.0. The lowest BCUT2D eigenvalue weighted by molar-refractivity contribution is -0.142. The van der Waals surface area contributed by atoms with E-state index in [1.165, 1.54) is 8.61 Å². The van der Waals surface area contributed by atoms with Crippen LogP contribution in [-0.2, 0) is 24.8 Å². The first-order chi connectivity index (χ1) is 9.72. The van der Waals surface area contributed by atoms with E-state index in [2.05, 4.69) is 0 Å². The minimum atomic E-state index is -3.79. The number of carbonyl (C=O) groups is 1. The Morgan fingerprint density at radius 2 is 1.71 bits per heavy atom. The van der Waals surface area contributed by atoms with E-state index < -0.39 is 31.9 Å². The molecule has 2 saturated heterocycles. The number of hydrogen-bond acceptors (Lipinski definition) is 5. The molecule has 21 heavy (non-hydrogen) atoms. The Hall–Kier alpha value is -0.710. The summed E-state index contributed by atoms with van der Waals surface area (Å²) in [4.78, 5) is 11.0. The summed E-state index contributed by atoms with van der Waals surface area (Å²) in [6.45, 7) is 0.352. The highest BCUT2D eigenvalue weighted by atomic mass is 32.2. The van der Waals surface area contributed by atoms with Crippen molar-refractivity contribution in [3.05, 3.63) is 0 Å². The van der Waals surface area contributed by atoms with Crippen molar-refractivity contribution in [1.29, 1.82) is 0 Å². The third kappa shape index (κ3) is 3.93. The second-order valence-electron chi connectivity index (χ2n) is 5.45. The summed E-state index contributed by atoms with van der Waals surface area (Å²) in [6.07, 6.45) is 1.25. The Balaban J connectivity index is 2.12. The zero-order valence-electron chi connectivity index (χ0n) is 11.6. The van der Waals surface area contributed by atoms with Crippen molar-refractivity contribution < 1.29 is 26.7 Å². The average Bonchev–Trinajstić information content (AvgIpc) is 2.60. The Labute approximate surface area is 124 Å². The van der Waals surface area contributed by atoms with Gasteiger partial charge in [0.05, 0.1) is 17.4 Å². The summed E-state index contributed by atoms with van der Waals surface area (Å²) in [5.74, 6) is -1.86. The maximum absolute atomic E-state index is 12.5. The minimum absolute atomic E-state index is 0.00320. The molecule has 0 saturated carbocycles. The minimum Gasteiger partial charge on any atom is -0.481 e. The van der Waals surface area contributed by atoms with Crippen LogP contribution in [-0.4, -0.2) is 74.2 Å². The monoisotopic (exact) mass is 340 g/mol. The van der Waals surface area contributed by atoms with Gasteiger partial charge in [-0.1, -0.05) is 0 Å². The predicted octanol–water partition coefficient (Wildman–Crippen LogP) is -0.852. The zero-order chi connectivity index (χ0) is 15.7. The van der Waals surface area contributed by atoms with Gasteiger partial charge in [-0.2, -0.15) is 17.0 Å². The predicted molar refractivity (Wildman–Crippen MR) is 75.7 cm³/mol. The first-order valence-corrected chi connectivity index (χ1v) is 10.1. The Bertz CT molecular complexity index is 600. The van der Waals surface area contributed by atoms with Gasteiger partial charge >= 0.3 is 5.97 Å². The molecule has 2 rings (SSSR count). The highest BCUT2D eigenvalue weighted by Crippen LogP contribution is 2.22. The van der Waals surface area contributed by atoms with E-state index in [1.54, 1.807) is 0 Å². The Morgan fingerprint density at radius 1 is 1.05 bits per heavy atom. The largest absolute Gasteiger partial charge is 0.481 e. The second-order valence-corrected chi connectivity index (χ2v) is 9.68. The molecule has 2 aliphatic rings. The number of hydrogen-bond donors (Lipinski definition) is 1. The summed E-state index contributed by atoms with van der Waals surface area (Å²) in [5, 5.41) is 9.03. The van der Waals surface area contributed by atoms with Gasteiger partial charge in [0.25, 0.3) is 10.2 Å². The van der Waals surface area contributed by atoms with Crippen molar-refractivity contribution >= 4 is 26.0 Å². The molecule has 0 bridgehead atoms. The van der Waals surface area contributed by atoms with Crippen LogP contribution in [0.1, 0.15) is 19.3 Å². The van der Waals surface area contributed by atoms with Gasteiger partial charge in [-0.15, -0.1) is 0 Å². The molecule has 10 heteroatoms. The standard InChI is InChI=1S/C11H20N2O6S2/c14-11(15)10-3-1-4-13(9-10)21(18,19)12-5-2-7-20(16,17)8-6-12/h10H,1-9H2,(H,14,15). The quantitative estimate of drug-likeness (QED) is 0.716. The molecule has 8 nitrogen and oxygen atoms in total. The fraction of sp³-hybridized carbons (Fsp3) is 0.909. The number of carboxylic acids is 1. The van der Waals surface area contributed by atoms with Crippen LogP contribution in [0.2, 0.25) is 0 Å². The molecule has 0 aromatic carbocycles. The maximum Gasteiger partial charge on any atom is 0.307 e. The number of piperidine rings is 1. The molecule has 0 aliphatic carbocycles. The molecular formula is C11H20N2O6S2. The fourth-order valence-corrected chi connectivity index (χ4v) is 5.79. The SMILES string of the molecule is O=C(O)C1CCCN(S(=O)(=O)N2CCCS(=O)(=O)CC2)C1. The van der Waals surface area contributed by atoms with Gasteiger partial charge in [-0.05, 0) is 19.3 Å². The number of sulfone groups is 1. The van der Waals surface area contributed by atoms with Crippen LogP contribution < -0.4 is 0 Å². The van der Waals surface area contributed by atoms with E-state index in [1.807, 2.05) is 0 Å². The molecule has 1 atom stereocenters. The van der Waals surface area contributed by atoms with E-state index in [-0.39, 0.29) is 44.1 Å². The second kappa shape index (κ2) is 6.19. The molecule has 0 radical (unpaired) electrons. The van der Waals surface area contributed by atoms with E-state index >= 15 is 0 Å². The van der Waals surface area contributed by atoms with E-state index in [9.17, 15) is 21.6 Å². The van der Waals surface area contributed by atoms with Crippen LogP contribution in [0.3, 0.4) is 0 Å². The van der Waals surface area contributed by atoms with Crippen LogP contribution >= 0.6 is 0 Å². The third-order valence-corrected chi connectivity index (χ3v) is 7.62. The fourth-order valence-electron chi connectivity index (χ4n) is 2.66. The van der Waals surface area contributed by atoms with Gasteiger partial charge in [0, 0.05) is 26.2 Å². The van der Waals surface area contributed by atoms with Crippen molar-refractivity contribution in [3.63, 3.8) is 0 Å². The van der Waals surface area contributed by atoms with Crippen LogP contribution in [0, 0.1) is 5.92 Å². The van der Waals surface area contributed by atoms with Gasteiger partial charge in [-0.25, -0.2) is 8.42 Å². The highest BCUT2D eigenvalue weighted by molar-refractivity contribution is 7.91. The van der Waals surface area contributed by atoms with Gasteiger partial charge in [0.1, 0.15) is 0 Å². The zero-order valence-corrected chi connectivity index (χ0v) is 13.3. The van der Waals surface area contributed by atoms with Crippen LogP contribution in [0.5, 0.6) is 0 Å². The van der Waals surface area contributed by atoms with Crippen molar-refractivity contribution in [3.8, 4) is 0 Å². The van der Waals surface area contributed by atoms with E-state index in [0.717, 1.165) is 0 Å². The molecule has 0 aromatic heterocycles. The summed E-state index contributed by atoms with van der Waals surface area (Å²) < 4.78 is 50.5. The summed E-state index contributed by atoms with van der Waals surface area (Å²) in [6, 6.07) is 0. The van der Waals surface area contributed by atoms with Gasteiger partial charge in [0.2, 0.25) is 0 Å². The van der Waals surface area contributed by atoms with Crippen LogP contribution in [0.25, 0.3) is 0 Å². The van der Waals surface area contributed by atoms with Crippen molar-refractivity contribution in [2.24, 2.45) is 5.92 Å². The lowest BCUT2D eigenvalue weighted by Gasteiger charge is -2.33. The lowest BCUT2D eigenvalue weighted by Crippen LogP contribution is -2.49. The van der Waals surface area contributed by atoms with E-state index in [0.29, 0.717) is 12.8 Å². The molecule has 122 valence electrons. The molecule has 0 amide bonds. The van der Waals surface area contributed by atoms with Crippen molar-refractivity contribution in [1.82, 2.24) is 8.61 Å². The van der Waals surface area contributed by atoms with Crippen molar-refractivity contribution in [2.45, 2.75) is 19.3 Å². The number of rotatable bonds is 3. The third-order valence-electron chi connectivity index (χ3n) is 3.90. The first-order valence-electron chi connectivity index (χ1n) is 6.91. The summed E-state index contributed by atoms with van der Waals surface area (Å²) in [5.41, 5.74) is 0. The molecule has 0 aromatic rings. The summed E-state index contributed by atoms with van der Waals surface area (Å²) >= 11 is 0. The normalized spacial score (nSPS) is 28.9. The number of nitrogens with zero attached hydrogens (tertiary/aromatic N) is 2. The van der Waals surface area contributed by atoms with Gasteiger partial charge in [0.15, 0.2) is 9.84 Å². The van der Waals surface area contributed by atoms with Crippen molar-refractivity contribution in [2.75, 3.05) is 37.7 Å². The Morgan fingerprint density at radius 3 is 2.38 bits per heavy atom. The smallest absolute Gasteiger partial charge is 0.307 e.